The smallest absolute Gasteiger partial charge is 0.274 e. The summed E-state index contributed by atoms with van der Waals surface area (Å²) in [4.78, 5) is 14.2. The van der Waals surface area contributed by atoms with Crippen LogP contribution >= 0.6 is 0 Å². The van der Waals surface area contributed by atoms with Crippen molar-refractivity contribution in [3.63, 3.8) is 0 Å². The van der Waals surface area contributed by atoms with Gasteiger partial charge < -0.3 is 5.32 Å². The van der Waals surface area contributed by atoms with Gasteiger partial charge in [-0.15, -0.1) is 0 Å². The Hall–Kier alpha value is -2.44. The molecular formula is C11H13N5O2. The summed E-state index contributed by atoms with van der Waals surface area (Å²) in [7, 11) is 0. The molecule has 0 radical (unpaired) electrons. The molecule has 0 spiro atoms. The molecule has 0 amide bonds. The summed E-state index contributed by atoms with van der Waals surface area (Å²) in [5, 5.41) is 17.8. The first-order chi connectivity index (χ1) is 8.56. The minimum absolute atomic E-state index is 0.00347. The third kappa shape index (κ3) is 2.62. The maximum absolute atomic E-state index is 10.6. The molecule has 0 saturated carbocycles. The van der Waals surface area contributed by atoms with Crippen LogP contribution in [0, 0.1) is 10.1 Å². The summed E-state index contributed by atoms with van der Waals surface area (Å²) >= 11 is 0. The number of hydrogen-bond acceptors (Lipinski definition) is 5. The zero-order chi connectivity index (χ0) is 13.1. The topological polar surface area (TPSA) is 85.9 Å². The summed E-state index contributed by atoms with van der Waals surface area (Å²) in [5.74, 6) is 0.424. The molecule has 2 rings (SSSR count). The highest BCUT2D eigenvalue weighted by Crippen LogP contribution is 2.19. The van der Waals surface area contributed by atoms with E-state index in [4.69, 9.17) is 0 Å². The van der Waals surface area contributed by atoms with Crippen molar-refractivity contribution in [2.24, 2.45) is 0 Å². The second-order valence-electron chi connectivity index (χ2n) is 4.08. The summed E-state index contributed by atoms with van der Waals surface area (Å²) < 4.78 is 1.79. The average Bonchev–Trinajstić information content (AvgIpc) is 2.78. The number of nitrogens with one attached hydrogen (secondary N) is 1. The Labute approximate surface area is 104 Å². The van der Waals surface area contributed by atoms with E-state index in [2.05, 4.69) is 15.4 Å². The second-order valence-corrected chi connectivity index (χ2v) is 4.08. The van der Waals surface area contributed by atoms with E-state index >= 15 is 0 Å². The first-order valence-corrected chi connectivity index (χ1v) is 5.48. The molecule has 0 atom stereocenters. The first kappa shape index (κ1) is 12.0. The van der Waals surface area contributed by atoms with Crippen molar-refractivity contribution in [3.8, 4) is 0 Å². The minimum atomic E-state index is -0.454. The Morgan fingerprint density at radius 2 is 2.28 bits per heavy atom. The predicted octanol–water partition coefficient (Wildman–Crippen LogP) is 2.51. The molecule has 0 aliphatic heterocycles. The highest BCUT2D eigenvalue weighted by molar-refractivity contribution is 5.56. The molecule has 0 bridgehead atoms. The molecule has 2 heterocycles. The quantitative estimate of drug-likeness (QED) is 0.662. The van der Waals surface area contributed by atoms with Gasteiger partial charge in [-0.1, -0.05) is 0 Å². The molecular weight excluding hydrogens is 234 g/mol. The largest absolute Gasteiger partial charge is 0.337 e. The molecule has 7 nitrogen and oxygen atoms in total. The van der Waals surface area contributed by atoms with Gasteiger partial charge in [-0.25, -0.2) is 4.98 Å². The summed E-state index contributed by atoms with van der Waals surface area (Å²) in [6.07, 6.45) is 4.87. The summed E-state index contributed by atoms with van der Waals surface area (Å²) in [5.41, 5.74) is 0.750. The highest BCUT2D eigenvalue weighted by Gasteiger charge is 2.08. The van der Waals surface area contributed by atoms with E-state index in [0.717, 1.165) is 5.69 Å². The molecule has 0 aliphatic carbocycles. The van der Waals surface area contributed by atoms with Crippen LogP contribution in [-0.4, -0.2) is 19.7 Å². The zero-order valence-electron chi connectivity index (χ0n) is 10.1. The van der Waals surface area contributed by atoms with Gasteiger partial charge >= 0.3 is 0 Å². The van der Waals surface area contributed by atoms with Gasteiger partial charge in [0.1, 0.15) is 5.82 Å². The predicted molar refractivity (Wildman–Crippen MR) is 66.8 cm³/mol. The number of aromatic nitrogens is 3. The van der Waals surface area contributed by atoms with E-state index < -0.39 is 4.92 Å². The van der Waals surface area contributed by atoms with Crippen LogP contribution in [0.3, 0.4) is 0 Å². The third-order valence-corrected chi connectivity index (χ3v) is 2.36. The van der Waals surface area contributed by atoms with Gasteiger partial charge in [-0.2, -0.15) is 5.10 Å². The molecule has 7 heteroatoms. The van der Waals surface area contributed by atoms with E-state index in [1.54, 1.807) is 10.9 Å². The number of pyridine rings is 1. The summed E-state index contributed by atoms with van der Waals surface area (Å²) in [6.45, 7) is 4.03. The van der Waals surface area contributed by atoms with E-state index in [-0.39, 0.29) is 11.7 Å². The minimum Gasteiger partial charge on any atom is -0.337 e. The molecule has 0 aromatic carbocycles. The van der Waals surface area contributed by atoms with Gasteiger partial charge in [-0.05, 0) is 13.8 Å². The lowest BCUT2D eigenvalue weighted by Crippen LogP contribution is -2.00. The molecule has 0 unspecified atom stereocenters. The zero-order valence-corrected chi connectivity index (χ0v) is 10.1. The van der Waals surface area contributed by atoms with Crippen molar-refractivity contribution >= 4 is 17.2 Å². The van der Waals surface area contributed by atoms with Crippen LogP contribution in [0.15, 0.2) is 30.7 Å². The number of nitrogens with zero attached hydrogens (tertiary/aromatic N) is 4. The van der Waals surface area contributed by atoms with Gasteiger partial charge in [0.15, 0.2) is 0 Å². The summed E-state index contributed by atoms with van der Waals surface area (Å²) in [6, 6.07) is 2.99. The molecule has 0 saturated heterocycles. The van der Waals surface area contributed by atoms with Crippen LogP contribution in [-0.2, 0) is 0 Å². The van der Waals surface area contributed by atoms with Gasteiger partial charge in [0.2, 0.25) is 0 Å². The standard InChI is InChI=1S/C11H13N5O2/c1-8(2)15-7-9(6-13-15)14-11-5-10(16(17)18)3-4-12-11/h3-8H,1-2H3,(H,12,14). The molecule has 0 fully saturated rings. The fourth-order valence-corrected chi connectivity index (χ4v) is 1.43. The molecule has 2 aromatic rings. The molecule has 94 valence electrons. The van der Waals surface area contributed by atoms with Gasteiger partial charge in [0, 0.05) is 24.5 Å². The second kappa shape index (κ2) is 4.82. The Morgan fingerprint density at radius 3 is 2.89 bits per heavy atom. The van der Waals surface area contributed by atoms with Crippen LogP contribution in [0.2, 0.25) is 0 Å². The Balaban J connectivity index is 2.17. The van der Waals surface area contributed by atoms with Crippen LogP contribution < -0.4 is 5.32 Å². The van der Waals surface area contributed by atoms with E-state index in [1.807, 2.05) is 20.0 Å². The van der Waals surface area contributed by atoms with E-state index in [9.17, 15) is 10.1 Å². The third-order valence-electron chi connectivity index (χ3n) is 2.36. The van der Waals surface area contributed by atoms with Crippen LogP contribution in [0.25, 0.3) is 0 Å². The van der Waals surface area contributed by atoms with Crippen LogP contribution in [0.4, 0.5) is 17.2 Å². The number of hydrogen-bond donors (Lipinski definition) is 1. The Morgan fingerprint density at radius 1 is 1.50 bits per heavy atom. The lowest BCUT2D eigenvalue weighted by Gasteiger charge is -2.04. The number of nitro groups is 1. The maximum atomic E-state index is 10.6. The Bertz CT molecular complexity index is 564. The van der Waals surface area contributed by atoms with Gasteiger partial charge in [0.25, 0.3) is 5.69 Å². The van der Waals surface area contributed by atoms with Crippen molar-refractivity contribution in [2.45, 2.75) is 19.9 Å². The SMILES string of the molecule is CC(C)n1cc(Nc2cc([N+](=O)[O-])ccn2)cn1. The van der Waals surface area contributed by atoms with E-state index in [1.165, 1.54) is 18.3 Å². The van der Waals surface area contributed by atoms with Crippen molar-refractivity contribution in [1.29, 1.82) is 0 Å². The molecule has 18 heavy (non-hydrogen) atoms. The number of anilines is 2. The molecule has 1 N–H and O–H groups in total. The normalized spacial score (nSPS) is 10.6. The van der Waals surface area contributed by atoms with E-state index in [0.29, 0.717) is 5.82 Å². The van der Waals surface area contributed by atoms with Crippen molar-refractivity contribution < 1.29 is 4.92 Å². The van der Waals surface area contributed by atoms with Crippen molar-refractivity contribution in [1.82, 2.24) is 14.8 Å². The fourth-order valence-electron chi connectivity index (χ4n) is 1.43. The first-order valence-electron chi connectivity index (χ1n) is 5.48. The average molecular weight is 247 g/mol. The monoisotopic (exact) mass is 247 g/mol. The fraction of sp³-hybridized carbons (Fsp3) is 0.273. The molecule has 2 aromatic heterocycles. The van der Waals surface area contributed by atoms with Crippen molar-refractivity contribution in [3.05, 3.63) is 40.8 Å². The number of rotatable bonds is 4. The lowest BCUT2D eigenvalue weighted by molar-refractivity contribution is -0.384. The lowest BCUT2D eigenvalue weighted by atomic mass is 10.4. The Kier molecular flexibility index (Phi) is 3.22. The van der Waals surface area contributed by atoms with Crippen LogP contribution in [0.5, 0.6) is 0 Å². The molecule has 0 aliphatic rings. The van der Waals surface area contributed by atoms with Crippen molar-refractivity contribution in [2.75, 3.05) is 5.32 Å². The van der Waals surface area contributed by atoms with Gasteiger partial charge in [-0.3, -0.25) is 14.8 Å². The maximum Gasteiger partial charge on any atom is 0.274 e. The highest BCUT2D eigenvalue weighted by atomic mass is 16.6. The van der Waals surface area contributed by atoms with Crippen LogP contribution in [0.1, 0.15) is 19.9 Å². The van der Waals surface area contributed by atoms with Gasteiger partial charge in [0.05, 0.1) is 22.9 Å².